The van der Waals surface area contributed by atoms with Gasteiger partial charge in [0.15, 0.2) is 0 Å². The molecule has 1 aromatic heterocycles. The van der Waals surface area contributed by atoms with Crippen molar-refractivity contribution >= 4 is 43.0 Å². The Morgan fingerprint density at radius 3 is 2.35 bits per heavy atom. The summed E-state index contributed by atoms with van der Waals surface area (Å²) in [6, 6.07) is 4.76. The molecule has 0 amide bonds. The van der Waals surface area contributed by atoms with Crippen LogP contribution in [0.1, 0.15) is 16.0 Å². The average Bonchev–Trinajstić information content (AvgIpc) is 2.66. The van der Waals surface area contributed by atoms with Crippen LogP contribution in [0.15, 0.2) is 26.9 Å². The number of hydrogen-bond acceptors (Lipinski definition) is 4. The molecule has 4 nitrogen and oxygen atoms in total. The number of phenols is 1. The molecule has 0 aliphatic carbocycles. The van der Waals surface area contributed by atoms with Gasteiger partial charge in [0.05, 0.1) is 9.47 Å². The van der Waals surface area contributed by atoms with Crippen LogP contribution in [0.4, 0.5) is 5.69 Å². The zero-order valence-corrected chi connectivity index (χ0v) is 14.4. The maximum atomic E-state index is 12.4. The molecule has 0 fully saturated rings. The first-order valence-corrected chi connectivity index (χ1v) is 8.89. The van der Waals surface area contributed by atoms with Crippen molar-refractivity contribution in [2.75, 3.05) is 4.72 Å². The van der Waals surface area contributed by atoms with E-state index in [-0.39, 0.29) is 10.6 Å². The second-order valence-corrected chi connectivity index (χ2v) is 8.82. The molecule has 7 heteroatoms. The SMILES string of the molecule is Cc1cc(NS(=O)(=O)c2cc(Br)sc2C)c(C)cc1O. The summed E-state index contributed by atoms with van der Waals surface area (Å²) in [5.41, 5.74) is 1.77. The molecule has 0 radical (unpaired) electrons. The third-order valence-electron chi connectivity index (χ3n) is 2.92. The third kappa shape index (κ3) is 2.99. The fraction of sp³-hybridized carbons (Fsp3) is 0.231. The number of aryl methyl sites for hydroxylation is 3. The van der Waals surface area contributed by atoms with E-state index in [1.54, 1.807) is 39.0 Å². The second kappa shape index (κ2) is 5.38. The van der Waals surface area contributed by atoms with E-state index in [1.807, 2.05) is 0 Å². The van der Waals surface area contributed by atoms with E-state index in [0.717, 1.165) is 8.66 Å². The molecule has 0 aliphatic rings. The molecule has 0 spiro atoms. The summed E-state index contributed by atoms with van der Waals surface area (Å²) in [7, 11) is -3.63. The lowest BCUT2D eigenvalue weighted by molar-refractivity contribution is 0.471. The Hall–Kier alpha value is -1.05. The number of sulfonamides is 1. The molecule has 1 aromatic carbocycles. The predicted molar refractivity (Wildman–Crippen MR) is 85.1 cm³/mol. The Labute approximate surface area is 130 Å². The van der Waals surface area contributed by atoms with Crippen molar-refractivity contribution in [1.29, 1.82) is 0 Å². The molecular weight excluding hydrogens is 362 g/mol. The van der Waals surface area contributed by atoms with Crippen molar-refractivity contribution in [3.63, 3.8) is 0 Å². The van der Waals surface area contributed by atoms with Gasteiger partial charge in [-0.2, -0.15) is 0 Å². The van der Waals surface area contributed by atoms with Gasteiger partial charge in [-0.05, 0) is 66.0 Å². The van der Waals surface area contributed by atoms with Gasteiger partial charge in [-0.25, -0.2) is 8.42 Å². The van der Waals surface area contributed by atoms with Crippen LogP contribution in [0, 0.1) is 20.8 Å². The monoisotopic (exact) mass is 375 g/mol. The van der Waals surface area contributed by atoms with Gasteiger partial charge in [0.25, 0.3) is 10.0 Å². The van der Waals surface area contributed by atoms with Crippen molar-refractivity contribution in [3.8, 4) is 5.75 Å². The van der Waals surface area contributed by atoms with Crippen molar-refractivity contribution in [2.24, 2.45) is 0 Å². The number of phenolic OH excluding ortho intramolecular Hbond substituents is 1. The van der Waals surface area contributed by atoms with E-state index in [2.05, 4.69) is 20.7 Å². The van der Waals surface area contributed by atoms with E-state index in [4.69, 9.17) is 0 Å². The molecule has 2 aromatic rings. The molecule has 108 valence electrons. The summed E-state index contributed by atoms with van der Waals surface area (Å²) >= 11 is 4.66. The van der Waals surface area contributed by atoms with Gasteiger partial charge in [-0.15, -0.1) is 11.3 Å². The number of hydrogen-bond donors (Lipinski definition) is 2. The maximum absolute atomic E-state index is 12.4. The molecular formula is C13H14BrNO3S2. The van der Waals surface area contributed by atoms with Crippen LogP contribution in [-0.4, -0.2) is 13.5 Å². The maximum Gasteiger partial charge on any atom is 0.263 e. The minimum atomic E-state index is -3.63. The number of halogens is 1. The smallest absolute Gasteiger partial charge is 0.263 e. The molecule has 0 unspecified atom stereocenters. The number of rotatable bonds is 3. The first kappa shape index (κ1) is 15.3. The normalized spacial score (nSPS) is 11.6. The van der Waals surface area contributed by atoms with Gasteiger partial charge in [0.1, 0.15) is 10.6 Å². The lowest BCUT2D eigenvalue weighted by atomic mass is 10.1. The highest BCUT2D eigenvalue weighted by molar-refractivity contribution is 9.11. The first-order valence-electron chi connectivity index (χ1n) is 5.79. The highest BCUT2D eigenvalue weighted by Gasteiger charge is 2.20. The Bertz CT molecular complexity index is 766. The summed E-state index contributed by atoms with van der Waals surface area (Å²) in [4.78, 5) is 0.983. The topological polar surface area (TPSA) is 66.4 Å². The van der Waals surface area contributed by atoms with Crippen LogP contribution in [0.3, 0.4) is 0 Å². The number of nitrogens with one attached hydrogen (secondary N) is 1. The van der Waals surface area contributed by atoms with Gasteiger partial charge < -0.3 is 5.11 Å². The molecule has 20 heavy (non-hydrogen) atoms. The van der Waals surface area contributed by atoms with Crippen LogP contribution in [0.2, 0.25) is 0 Å². The molecule has 0 saturated heterocycles. The lowest BCUT2D eigenvalue weighted by Gasteiger charge is -2.12. The van der Waals surface area contributed by atoms with Crippen LogP contribution < -0.4 is 4.72 Å². The Morgan fingerprint density at radius 1 is 1.15 bits per heavy atom. The lowest BCUT2D eigenvalue weighted by Crippen LogP contribution is -2.14. The number of thiophene rings is 1. The molecule has 0 bridgehead atoms. The molecule has 2 N–H and O–H groups in total. The van der Waals surface area contributed by atoms with Gasteiger partial charge in [0.2, 0.25) is 0 Å². The third-order valence-corrected chi connectivity index (χ3v) is 6.09. The average molecular weight is 376 g/mol. The van der Waals surface area contributed by atoms with E-state index in [9.17, 15) is 13.5 Å². The number of benzene rings is 1. The van der Waals surface area contributed by atoms with Crippen LogP contribution in [0.5, 0.6) is 5.75 Å². The van der Waals surface area contributed by atoms with E-state index >= 15 is 0 Å². The van der Waals surface area contributed by atoms with Gasteiger partial charge in [-0.3, -0.25) is 4.72 Å². The van der Waals surface area contributed by atoms with Crippen molar-refractivity contribution < 1.29 is 13.5 Å². The van der Waals surface area contributed by atoms with E-state index in [1.165, 1.54) is 11.3 Å². The van der Waals surface area contributed by atoms with Gasteiger partial charge in [-0.1, -0.05) is 0 Å². The zero-order valence-electron chi connectivity index (χ0n) is 11.2. The van der Waals surface area contributed by atoms with Crippen molar-refractivity contribution in [3.05, 3.63) is 38.0 Å². The van der Waals surface area contributed by atoms with E-state index in [0.29, 0.717) is 16.8 Å². The number of anilines is 1. The summed E-state index contributed by atoms with van der Waals surface area (Å²) in [6.07, 6.45) is 0. The van der Waals surface area contributed by atoms with E-state index < -0.39 is 10.0 Å². The summed E-state index contributed by atoms with van der Waals surface area (Å²) in [5, 5.41) is 9.61. The fourth-order valence-corrected chi connectivity index (χ4v) is 5.35. The summed E-state index contributed by atoms with van der Waals surface area (Å²) in [6.45, 7) is 5.23. The molecule has 0 aliphatic heterocycles. The van der Waals surface area contributed by atoms with Gasteiger partial charge in [0, 0.05) is 4.88 Å². The van der Waals surface area contributed by atoms with Gasteiger partial charge >= 0.3 is 0 Å². The standard InChI is InChI=1S/C13H14BrNO3S2/c1-7-5-11(16)8(2)4-10(7)15-20(17,18)12-6-13(14)19-9(12)3/h4-6,15-16H,1-3H3. The number of aromatic hydroxyl groups is 1. The Kier molecular flexibility index (Phi) is 4.13. The summed E-state index contributed by atoms with van der Waals surface area (Å²) in [5.74, 6) is 0.153. The van der Waals surface area contributed by atoms with Crippen molar-refractivity contribution in [1.82, 2.24) is 0 Å². The highest BCUT2D eigenvalue weighted by Crippen LogP contribution is 2.32. The molecule has 2 rings (SSSR count). The minimum Gasteiger partial charge on any atom is -0.508 e. The Balaban J connectivity index is 2.43. The summed E-state index contributed by atoms with van der Waals surface area (Å²) < 4.78 is 28.1. The van der Waals surface area contributed by atoms with Crippen LogP contribution in [0.25, 0.3) is 0 Å². The van der Waals surface area contributed by atoms with Crippen molar-refractivity contribution in [2.45, 2.75) is 25.7 Å². The van der Waals surface area contributed by atoms with Crippen LogP contribution >= 0.6 is 27.3 Å². The predicted octanol–water partition coefficient (Wildman–Crippen LogP) is 3.94. The van der Waals surface area contributed by atoms with Crippen LogP contribution in [-0.2, 0) is 10.0 Å². The Morgan fingerprint density at radius 2 is 1.80 bits per heavy atom. The minimum absolute atomic E-state index is 0.153. The molecule has 1 heterocycles. The molecule has 0 saturated carbocycles. The zero-order chi connectivity index (χ0) is 15.1. The first-order chi connectivity index (χ1) is 9.20. The quantitative estimate of drug-likeness (QED) is 0.798. The second-order valence-electron chi connectivity index (χ2n) is 4.53. The fourth-order valence-electron chi connectivity index (χ4n) is 1.81. The largest absolute Gasteiger partial charge is 0.508 e. The molecule has 0 atom stereocenters. The highest BCUT2D eigenvalue weighted by atomic mass is 79.9.